The molecule has 3 heterocycles. The van der Waals surface area contributed by atoms with Crippen molar-refractivity contribution in [3.8, 4) is 0 Å². The highest BCUT2D eigenvalue weighted by Gasteiger charge is 2.34. The number of ether oxygens (including phenoxy) is 2. The second-order valence-corrected chi connectivity index (χ2v) is 8.98. The Hall–Kier alpha value is -1.96. The van der Waals surface area contributed by atoms with Gasteiger partial charge in [-0.3, -0.25) is 9.59 Å². The molecule has 29 heavy (non-hydrogen) atoms. The van der Waals surface area contributed by atoms with E-state index in [1.165, 1.54) is 0 Å². The van der Waals surface area contributed by atoms with Crippen LogP contribution in [0.5, 0.6) is 0 Å². The van der Waals surface area contributed by atoms with Crippen LogP contribution in [0.3, 0.4) is 0 Å². The van der Waals surface area contributed by atoms with Crippen molar-refractivity contribution in [2.75, 3.05) is 46.0 Å². The normalized spacial score (nSPS) is 20.0. The predicted molar refractivity (Wildman–Crippen MR) is 114 cm³/mol. The lowest BCUT2D eigenvalue weighted by Gasteiger charge is -2.27. The van der Waals surface area contributed by atoms with Crippen LogP contribution in [0.2, 0.25) is 0 Å². The van der Waals surface area contributed by atoms with E-state index in [0.717, 1.165) is 26.9 Å². The lowest BCUT2D eigenvalue weighted by molar-refractivity contribution is -0.136. The number of nitrogens with zero attached hydrogens (tertiary/aromatic N) is 2. The fourth-order valence-electron chi connectivity index (χ4n) is 4.09. The molecule has 2 aliphatic rings. The first-order valence-corrected chi connectivity index (χ1v) is 11.1. The number of morpholine rings is 1. The zero-order valence-corrected chi connectivity index (χ0v) is 17.9. The fraction of sp³-hybridized carbons (Fsp3) is 0.545. The van der Waals surface area contributed by atoms with E-state index in [2.05, 4.69) is 12.1 Å². The van der Waals surface area contributed by atoms with Crippen molar-refractivity contribution in [3.05, 3.63) is 34.7 Å². The van der Waals surface area contributed by atoms with Gasteiger partial charge in [-0.15, -0.1) is 11.3 Å². The number of carbonyl (C=O) groups excluding carboxylic acids is 2. The monoisotopic (exact) mass is 416 g/mol. The van der Waals surface area contributed by atoms with E-state index < -0.39 is 0 Å². The number of carbonyl (C=O) groups is 2. The number of benzene rings is 1. The summed E-state index contributed by atoms with van der Waals surface area (Å²) in [5, 5.41) is 1.15. The van der Waals surface area contributed by atoms with Crippen molar-refractivity contribution in [1.82, 2.24) is 9.80 Å². The molecule has 0 aliphatic carbocycles. The Morgan fingerprint density at radius 1 is 1.17 bits per heavy atom. The topological polar surface area (TPSA) is 59.1 Å². The largest absolute Gasteiger partial charge is 0.378 e. The van der Waals surface area contributed by atoms with Gasteiger partial charge in [-0.2, -0.15) is 0 Å². The molecule has 4 rings (SSSR count). The van der Waals surface area contributed by atoms with Crippen molar-refractivity contribution in [2.45, 2.75) is 32.3 Å². The highest BCUT2D eigenvalue weighted by molar-refractivity contribution is 7.21. The van der Waals surface area contributed by atoms with Gasteiger partial charge < -0.3 is 19.3 Å². The molecule has 0 N–H and O–H groups in total. The quantitative estimate of drug-likeness (QED) is 0.752. The number of rotatable bonds is 5. The van der Waals surface area contributed by atoms with E-state index >= 15 is 0 Å². The van der Waals surface area contributed by atoms with Crippen LogP contribution < -0.4 is 0 Å². The van der Waals surface area contributed by atoms with Crippen LogP contribution in [0.25, 0.3) is 10.1 Å². The average molecular weight is 417 g/mol. The molecular formula is C22H28N2O4S. The standard InChI is InChI=1S/C22H28N2O4S/c1-15(2)28-14-19(25)24-8-7-16(13-24)20-17-5-3-4-6-18(17)29-21(20)22(26)23-9-11-27-12-10-23/h3-6,15-16H,7-14H2,1-2H3. The smallest absolute Gasteiger partial charge is 0.264 e. The molecule has 1 aromatic heterocycles. The molecule has 0 saturated carbocycles. The van der Waals surface area contributed by atoms with Gasteiger partial charge in [-0.25, -0.2) is 0 Å². The molecule has 7 heteroatoms. The first-order valence-electron chi connectivity index (χ1n) is 10.3. The van der Waals surface area contributed by atoms with Crippen LogP contribution in [0.15, 0.2) is 24.3 Å². The summed E-state index contributed by atoms with van der Waals surface area (Å²) < 4.78 is 12.0. The number of amides is 2. The van der Waals surface area contributed by atoms with Crippen LogP contribution in [-0.4, -0.2) is 73.7 Å². The molecule has 2 aromatic rings. The second-order valence-electron chi connectivity index (χ2n) is 7.93. The number of hydrogen-bond acceptors (Lipinski definition) is 5. The van der Waals surface area contributed by atoms with Crippen molar-refractivity contribution >= 4 is 33.2 Å². The summed E-state index contributed by atoms with van der Waals surface area (Å²) in [6.45, 7) is 7.78. The lowest BCUT2D eigenvalue weighted by Crippen LogP contribution is -2.40. The van der Waals surface area contributed by atoms with E-state index in [9.17, 15) is 9.59 Å². The minimum Gasteiger partial charge on any atom is -0.378 e. The highest BCUT2D eigenvalue weighted by atomic mass is 32.1. The van der Waals surface area contributed by atoms with Gasteiger partial charge in [0.2, 0.25) is 5.91 Å². The molecule has 0 spiro atoms. The molecule has 6 nitrogen and oxygen atoms in total. The molecule has 2 fully saturated rings. The molecule has 1 atom stereocenters. The van der Waals surface area contributed by atoms with E-state index in [1.54, 1.807) is 11.3 Å². The molecule has 2 amide bonds. The number of hydrogen-bond donors (Lipinski definition) is 0. The molecular weight excluding hydrogens is 388 g/mol. The maximum atomic E-state index is 13.3. The number of likely N-dealkylation sites (tertiary alicyclic amines) is 1. The molecule has 2 saturated heterocycles. The predicted octanol–water partition coefficient (Wildman–Crippen LogP) is 3.11. The summed E-state index contributed by atoms with van der Waals surface area (Å²) in [6, 6.07) is 8.22. The van der Waals surface area contributed by atoms with Gasteiger partial charge >= 0.3 is 0 Å². The zero-order chi connectivity index (χ0) is 20.4. The first-order chi connectivity index (χ1) is 14.0. The molecule has 0 radical (unpaired) electrons. The van der Waals surface area contributed by atoms with Crippen LogP contribution in [0.4, 0.5) is 0 Å². The zero-order valence-electron chi connectivity index (χ0n) is 17.1. The van der Waals surface area contributed by atoms with Gasteiger partial charge in [0.15, 0.2) is 0 Å². The average Bonchev–Trinajstić information content (AvgIpc) is 3.36. The lowest BCUT2D eigenvalue weighted by atomic mass is 9.94. The molecule has 1 unspecified atom stereocenters. The Morgan fingerprint density at radius 3 is 2.69 bits per heavy atom. The van der Waals surface area contributed by atoms with Crippen molar-refractivity contribution < 1.29 is 19.1 Å². The number of fused-ring (bicyclic) bond motifs is 1. The van der Waals surface area contributed by atoms with Gasteiger partial charge in [0, 0.05) is 36.8 Å². The third kappa shape index (κ3) is 4.32. The summed E-state index contributed by atoms with van der Waals surface area (Å²) in [4.78, 5) is 30.4. The van der Waals surface area contributed by atoms with Crippen LogP contribution in [-0.2, 0) is 14.3 Å². The van der Waals surface area contributed by atoms with E-state index in [0.29, 0.717) is 39.4 Å². The first kappa shape index (κ1) is 20.3. The Labute approximate surface area is 175 Å². The molecule has 1 aromatic carbocycles. The molecule has 0 bridgehead atoms. The minimum atomic E-state index is 0.0294. The van der Waals surface area contributed by atoms with Gasteiger partial charge in [-0.05, 0) is 37.3 Å². The second kappa shape index (κ2) is 8.81. The Morgan fingerprint density at radius 2 is 1.93 bits per heavy atom. The Bertz CT molecular complexity index is 888. The Balaban J connectivity index is 1.59. The third-order valence-corrected chi connectivity index (χ3v) is 6.79. The summed E-state index contributed by atoms with van der Waals surface area (Å²) >= 11 is 1.58. The van der Waals surface area contributed by atoms with E-state index in [-0.39, 0.29) is 30.4 Å². The van der Waals surface area contributed by atoms with Gasteiger partial charge in [0.05, 0.1) is 24.2 Å². The maximum Gasteiger partial charge on any atom is 0.264 e. The summed E-state index contributed by atoms with van der Waals surface area (Å²) in [5.74, 6) is 0.299. The minimum absolute atomic E-state index is 0.0294. The van der Waals surface area contributed by atoms with Crippen molar-refractivity contribution in [1.29, 1.82) is 0 Å². The third-order valence-electron chi connectivity index (χ3n) is 5.62. The van der Waals surface area contributed by atoms with Gasteiger partial charge in [-0.1, -0.05) is 18.2 Å². The van der Waals surface area contributed by atoms with Gasteiger partial charge in [0.25, 0.3) is 5.91 Å². The van der Waals surface area contributed by atoms with Crippen molar-refractivity contribution in [2.24, 2.45) is 0 Å². The SMILES string of the molecule is CC(C)OCC(=O)N1CCC(c2c(C(=O)N3CCOCC3)sc3ccccc23)C1. The van der Waals surface area contributed by atoms with Crippen LogP contribution in [0.1, 0.15) is 41.4 Å². The number of thiophene rings is 1. The molecule has 156 valence electrons. The summed E-state index contributed by atoms with van der Waals surface area (Å²) in [6.07, 6.45) is 0.910. The van der Waals surface area contributed by atoms with E-state index in [4.69, 9.17) is 9.47 Å². The van der Waals surface area contributed by atoms with Crippen molar-refractivity contribution in [3.63, 3.8) is 0 Å². The van der Waals surface area contributed by atoms with Gasteiger partial charge in [0.1, 0.15) is 6.61 Å². The van der Waals surface area contributed by atoms with E-state index in [1.807, 2.05) is 35.8 Å². The maximum absolute atomic E-state index is 13.3. The summed E-state index contributed by atoms with van der Waals surface area (Å²) in [5.41, 5.74) is 1.11. The van der Waals surface area contributed by atoms with Crippen LogP contribution >= 0.6 is 11.3 Å². The fourth-order valence-corrected chi connectivity index (χ4v) is 5.35. The summed E-state index contributed by atoms with van der Waals surface area (Å²) in [7, 11) is 0. The van der Waals surface area contributed by atoms with Crippen LogP contribution in [0, 0.1) is 0 Å². The highest BCUT2D eigenvalue weighted by Crippen LogP contribution is 2.40. The molecule has 2 aliphatic heterocycles. The Kier molecular flexibility index (Phi) is 6.18.